The first-order valence-electron chi connectivity index (χ1n) is 4.10. The molecule has 0 aliphatic heterocycles. The molecule has 0 aliphatic carbocycles. The van der Waals surface area contributed by atoms with Crippen LogP contribution in [0.1, 0.15) is 11.1 Å². The summed E-state index contributed by atoms with van der Waals surface area (Å²) in [7, 11) is 1.35. The van der Waals surface area contributed by atoms with E-state index in [1.807, 2.05) is 0 Å². The van der Waals surface area contributed by atoms with Gasteiger partial charge >= 0.3 is 6.18 Å². The first-order valence-corrected chi connectivity index (χ1v) is 4.10. The van der Waals surface area contributed by atoms with E-state index >= 15 is 0 Å². The van der Waals surface area contributed by atoms with Gasteiger partial charge in [0, 0.05) is 12.1 Å². The fourth-order valence-electron chi connectivity index (χ4n) is 1.18. The van der Waals surface area contributed by atoms with Crippen LogP contribution in [-0.4, -0.2) is 12.3 Å². The minimum atomic E-state index is -4.39. The van der Waals surface area contributed by atoms with Gasteiger partial charge in [0.25, 0.3) is 0 Å². The predicted octanol–water partition coefficient (Wildman–Crippen LogP) is 2.19. The summed E-state index contributed by atoms with van der Waals surface area (Å²) in [6.07, 6.45) is -4.39. The van der Waals surface area contributed by atoms with Gasteiger partial charge in [-0.3, -0.25) is 0 Å². The SMILES string of the molecule is COc1ccc(C(F)(F)F)cc1CNO. The van der Waals surface area contributed by atoms with E-state index in [9.17, 15) is 13.2 Å². The largest absolute Gasteiger partial charge is 0.496 e. The molecule has 0 fully saturated rings. The van der Waals surface area contributed by atoms with Crippen molar-refractivity contribution in [2.24, 2.45) is 0 Å². The number of hydroxylamine groups is 1. The van der Waals surface area contributed by atoms with Crippen molar-refractivity contribution in [1.29, 1.82) is 0 Å². The Morgan fingerprint density at radius 3 is 2.53 bits per heavy atom. The number of alkyl halides is 3. The van der Waals surface area contributed by atoms with Gasteiger partial charge in [-0.2, -0.15) is 13.2 Å². The highest BCUT2D eigenvalue weighted by Crippen LogP contribution is 2.32. The van der Waals surface area contributed by atoms with Crippen LogP contribution in [0.25, 0.3) is 0 Å². The van der Waals surface area contributed by atoms with E-state index in [0.717, 1.165) is 12.1 Å². The summed E-state index contributed by atoms with van der Waals surface area (Å²) in [6, 6.07) is 3.08. The van der Waals surface area contributed by atoms with E-state index in [2.05, 4.69) is 0 Å². The Labute approximate surface area is 84.4 Å². The van der Waals surface area contributed by atoms with Gasteiger partial charge in [-0.1, -0.05) is 0 Å². The second-order valence-electron chi connectivity index (χ2n) is 2.86. The lowest BCUT2D eigenvalue weighted by molar-refractivity contribution is -0.137. The first-order chi connectivity index (χ1) is 6.99. The molecule has 0 radical (unpaired) electrons. The van der Waals surface area contributed by atoms with Gasteiger partial charge in [0.05, 0.1) is 12.7 Å². The van der Waals surface area contributed by atoms with Crippen LogP contribution in [-0.2, 0) is 12.7 Å². The van der Waals surface area contributed by atoms with Gasteiger partial charge in [-0.15, -0.1) is 0 Å². The molecule has 1 aromatic rings. The topological polar surface area (TPSA) is 41.5 Å². The molecule has 3 nitrogen and oxygen atoms in total. The molecule has 2 N–H and O–H groups in total. The standard InChI is InChI=1S/C9H10F3NO2/c1-15-8-3-2-7(9(10,11)12)4-6(8)5-13-14/h2-4,13-14H,5H2,1H3. The second-order valence-corrected chi connectivity index (χ2v) is 2.86. The van der Waals surface area contributed by atoms with Crippen LogP contribution < -0.4 is 10.2 Å². The Kier molecular flexibility index (Phi) is 3.54. The highest BCUT2D eigenvalue weighted by atomic mass is 19.4. The quantitative estimate of drug-likeness (QED) is 0.769. The molecule has 0 spiro atoms. The zero-order chi connectivity index (χ0) is 11.5. The van der Waals surface area contributed by atoms with Crippen LogP contribution in [0.5, 0.6) is 5.75 Å². The molecule has 1 rings (SSSR count). The molecule has 0 saturated carbocycles. The molecule has 1 aromatic carbocycles. The van der Waals surface area contributed by atoms with E-state index in [0.29, 0.717) is 5.75 Å². The third-order valence-electron chi connectivity index (χ3n) is 1.88. The molecule has 84 valence electrons. The average Bonchev–Trinajstić information content (AvgIpc) is 2.17. The summed E-state index contributed by atoms with van der Waals surface area (Å²) >= 11 is 0. The Morgan fingerprint density at radius 1 is 1.40 bits per heavy atom. The highest BCUT2D eigenvalue weighted by molar-refractivity contribution is 5.38. The minimum Gasteiger partial charge on any atom is -0.496 e. The number of rotatable bonds is 3. The summed E-state index contributed by atoms with van der Waals surface area (Å²) < 4.78 is 41.8. The van der Waals surface area contributed by atoms with Crippen molar-refractivity contribution < 1.29 is 23.1 Å². The summed E-state index contributed by atoms with van der Waals surface area (Å²) in [5.41, 5.74) is 1.27. The lowest BCUT2D eigenvalue weighted by Crippen LogP contribution is -2.11. The minimum absolute atomic E-state index is 0.104. The molecule has 0 atom stereocenters. The third-order valence-corrected chi connectivity index (χ3v) is 1.88. The van der Waals surface area contributed by atoms with Gasteiger partial charge in [0.2, 0.25) is 0 Å². The maximum atomic E-state index is 12.3. The summed E-state index contributed by atoms with van der Waals surface area (Å²) in [5, 5.41) is 8.45. The number of methoxy groups -OCH3 is 1. The fraction of sp³-hybridized carbons (Fsp3) is 0.333. The van der Waals surface area contributed by atoms with Crippen molar-refractivity contribution >= 4 is 0 Å². The number of hydrogen-bond donors (Lipinski definition) is 2. The molecule has 0 bridgehead atoms. The lowest BCUT2D eigenvalue weighted by atomic mass is 10.1. The first kappa shape index (κ1) is 11.8. The molecule has 0 unspecified atom stereocenters. The van der Waals surface area contributed by atoms with Crippen LogP contribution in [0.4, 0.5) is 13.2 Å². The van der Waals surface area contributed by atoms with Crippen molar-refractivity contribution in [2.45, 2.75) is 12.7 Å². The summed E-state index contributed by atoms with van der Waals surface area (Å²) in [4.78, 5) is 0. The van der Waals surface area contributed by atoms with E-state index in [-0.39, 0.29) is 12.1 Å². The van der Waals surface area contributed by atoms with E-state index in [4.69, 9.17) is 9.94 Å². The molecular formula is C9H10F3NO2. The summed E-state index contributed by atoms with van der Waals surface area (Å²) in [5.74, 6) is 0.296. The third kappa shape index (κ3) is 2.84. The van der Waals surface area contributed by atoms with Gasteiger partial charge < -0.3 is 9.94 Å². The molecule has 0 aromatic heterocycles. The molecule has 0 amide bonds. The van der Waals surface area contributed by atoms with Crippen molar-refractivity contribution in [2.75, 3.05) is 7.11 Å². The van der Waals surface area contributed by atoms with Crippen molar-refractivity contribution in [3.05, 3.63) is 29.3 Å². The molecule has 15 heavy (non-hydrogen) atoms. The normalized spacial score (nSPS) is 11.5. The molecule has 0 aliphatic rings. The van der Waals surface area contributed by atoms with Gasteiger partial charge in [0.1, 0.15) is 5.75 Å². The molecule has 0 saturated heterocycles. The Balaban J connectivity index is 3.10. The van der Waals surface area contributed by atoms with Crippen LogP contribution in [0, 0.1) is 0 Å². The lowest BCUT2D eigenvalue weighted by Gasteiger charge is -2.11. The highest BCUT2D eigenvalue weighted by Gasteiger charge is 2.30. The predicted molar refractivity (Wildman–Crippen MR) is 46.6 cm³/mol. The number of hydrogen-bond acceptors (Lipinski definition) is 3. The Hall–Kier alpha value is -1.27. The maximum Gasteiger partial charge on any atom is 0.416 e. The zero-order valence-electron chi connectivity index (χ0n) is 7.93. The number of halogens is 3. The van der Waals surface area contributed by atoms with Crippen LogP contribution in [0.2, 0.25) is 0 Å². The summed E-state index contributed by atoms with van der Waals surface area (Å²) in [6.45, 7) is -0.104. The van der Waals surface area contributed by atoms with Crippen molar-refractivity contribution in [1.82, 2.24) is 5.48 Å². The van der Waals surface area contributed by atoms with E-state index < -0.39 is 11.7 Å². The molecular weight excluding hydrogens is 211 g/mol. The Bertz CT molecular complexity index is 339. The second kappa shape index (κ2) is 4.50. The zero-order valence-corrected chi connectivity index (χ0v) is 7.93. The van der Waals surface area contributed by atoms with Crippen LogP contribution >= 0.6 is 0 Å². The van der Waals surface area contributed by atoms with Gasteiger partial charge in [-0.25, -0.2) is 5.48 Å². The molecule has 6 heteroatoms. The monoisotopic (exact) mass is 221 g/mol. The average molecular weight is 221 g/mol. The fourth-order valence-corrected chi connectivity index (χ4v) is 1.18. The number of benzene rings is 1. The number of nitrogens with one attached hydrogen (secondary N) is 1. The smallest absolute Gasteiger partial charge is 0.416 e. The van der Waals surface area contributed by atoms with Gasteiger partial charge in [-0.05, 0) is 18.2 Å². The molecule has 0 heterocycles. The Morgan fingerprint density at radius 2 is 2.07 bits per heavy atom. The van der Waals surface area contributed by atoms with Gasteiger partial charge in [0.15, 0.2) is 0 Å². The van der Waals surface area contributed by atoms with E-state index in [1.165, 1.54) is 13.2 Å². The van der Waals surface area contributed by atoms with Crippen molar-refractivity contribution in [3.8, 4) is 5.75 Å². The maximum absolute atomic E-state index is 12.3. The van der Waals surface area contributed by atoms with Crippen molar-refractivity contribution in [3.63, 3.8) is 0 Å². The van der Waals surface area contributed by atoms with Crippen LogP contribution in [0.3, 0.4) is 0 Å². The number of ether oxygens (including phenoxy) is 1. The van der Waals surface area contributed by atoms with Crippen LogP contribution in [0.15, 0.2) is 18.2 Å². The van der Waals surface area contributed by atoms with E-state index in [1.54, 1.807) is 5.48 Å².